The summed E-state index contributed by atoms with van der Waals surface area (Å²) in [6.45, 7) is 0. The van der Waals surface area contributed by atoms with Gasteiger partial charge >= 0.3 is 0 Å². The molecule has 0 fully saturated rings. The van der Waals surface area contributed by atoms with E-state index in [1.165, 1.54) is 14.7 Å². The van der Waals surface area contributed by atoms with Crippen molar-refractivity contribution >= 4 is 28.5 Å². The highest BCUT2D eigenvalue weighted by Crippen LogP contribution is 2.30. The maximum atomic E-state index is 9.12. The van der Waals surface area contributed by atoms with Gasteiger partial charge in [-0.3, -0.25) is 0 Å². The van der Waals surface area contributed by atoms with Crippen LogP contribution in [0.1, 0.15) is 0 Å². The van der Waals surface area contributed by atoms with E-state index in [9.17, 15) is 0 Å². The molecule has 3 aromatic carbocycles. The molecule has 0 bridgehead atoms. The average molecular weight is 357 g/mol. The number of carboxylic acid groups (broad SMARTS) is 1. The van der Waals surface area contributed by atoms with E-state index in [1.54, 1.807) is 0 Å². The third kappa shape index (κ3) is 5.44. The smallest absolute Gasteiger partial charge is 0.166 e. The quantitative estimate of drug-likeness (QED) is 0.527. The highest BCUT2D eigenvalue weighted by atomic mass is 35.5. The number of hydrogen-bond acceptors (Lipinski definition) is 2. The molecule has 0 saturated heterocycles. The van der Waals surface area contributed by atoms with Crippen LogP contribution in [0.15, 0.2) is 106 Å². The molecule has 0 spiro atoms. The molecule has 0 aliphatic rings. The van der Waals surface area contributed by atoms with Crippen molar-refractivity contribution in [2.45, 2.75) is 14.7 Å². The van der Waals surface area contributed by atoms with Crippen molar-refractivity contribution in [1.82, 2.24) is 0 Å². The molecule has 4 heteroatoms. The van der Waals surface area contributed by atoms with Crippen molar-refractivity contribution in [3.05, 3.63) is 91.0 Å². The van der Waals surface area contributed by atoms with Crippen LogP contribution in [-0.2, 0) is 15.7 Å². The Morgan fingerprint density at radius 2 is 0.958 bits per heavy atom. The molecule has 2 nitrogen and oxygen atoms in total. The van der Waals surface area contributed by atoms with Gasteiger partial charge in [-0.15, -0.1) is 11.6 Å². The zero-order chi connectivity index (χ0) is 17.2. The average Bonchev–Trinajstić information content (AvgIpc) is 2.65. The largest absolute Gasteiger partial charge is 0.549 e. The van der Waals surface area contributed by atoms with Crippen LogP contribution in [0.25, 0.3) is 0 Å². The first-order valence-electron chi connectivity index (χ1n) is 7.37. The van der Waals surface area contributed by atoms with Crippen molar-refractivity contribution in [2.24, 2.45) is 0 Å². The number of halogens is 1. The molecular weight excluding hydrogens is 340 g/mol. The molecule has 3 aromatic rings. The SMILES string of the molecule is O=C([O-])CCl.c1ccc([S+](c2ccccc2)c2ccccc2)cc1. The second-order valence-corrected chi connectivity index (χ2v) is 7.04. The molecule has 0 aliphatic carbocycles. The maximum absolute atomic E-state index is 9.12. The summed E-state index contributed by atoms with van der Waals surface area (Å²) in [7, 11) is -0.0146. The fourth-order valence-corrected chi connectivity index (χ4v) is 4.18. The lowest BCUT2D eigenvalue weighted by Gasteiger charge is -2.07. The van der Waals surface area contributed by atoms with Gasteiger partial charge in [-0.1, -0.05) is 54.6 Å². The summed E-state index contributed by atoms with van der Waals surface area (Å²) < 4.78 is 0. The van der Waals surface area contributed by atoms with E-state index in [0.717, 1.165) is 0 Å². The molecule has 3 rings (SSSR count). The van der Waals surface area contributed by atoms with Gasteiger partial charge in [-0.2, -0.15) is 0 Å². The first-order valence-corrected chi connectivity index (χ1v) is 9.13. The summed E-state index contributed by atoms with van der Waals surface area (Å²) in [5.74, 6) is -1.65. The van der Waals surface area contributed by atoms with E-state index < -0.39 is 11.8 Å². The van der Waals surface area contributed by atoms with E-state index in [1.807, 2.05) is 0 Å². The van der Waals surface area contributed by atoms with Gasteiger partial charge in [0.15, 0.2) is 14.7 Å². The summed E-state index contributed by atoms with van der Waals surface area (Å²) in [5.41, 5.74) is 0. The third-order valence-electron chi connectivity index (χ3n) is 3.05. The van der Waals surface area contributed by atoms with Gasteiger partial charge in [0.05, 0.1) is 22.7 Å². The normalized spacial score (nSPS) is 9.92. The summed E-state index contributed by atoms with van der Waals surface area (Å²) in [5, 5.41) is 9.12. The Balaban J connectivity index is 0.000000368. The van der Waals surface area contributed by atoms with E-state index in [-0.39, 0.29) is 10.9 Å². The Bertz CT molecular complexity index is 639. The number of carbonyl (C=O) groups is 1. The molecule has 24 heavy (non-hydrogen) atoms. The Morgan fingerprint density at radius 3 is 1.17 bits per heavy atom. The van der Waals surface area contributed by atoms with Gasteiger partial charge in [0, 0.05) is 0 Å². The number of aliphatic carboxylic acids is 1. The molecule has 0 heterocycles. The highest BCUT2D eigenvalue weighted by Gasteiger charge is 2.27. The fourth-order valence-electron chi connectivity index (χ4n) is 2.08. The zero-order valence-corrected chi connectivity index (χ0v) is 14.5. The van der Waals surface area contributed by atoms with Crippen LogP contribution in [0.2, 0.25) is 0 Å². The second-order valence-electron chi connectivity index (χ2n) is 4.75. The second kappa shape index (κ2) is 9.81. The minimum atomic E-state index is -1.23. The van der Waals surface area contributed by atoms with Crippen LogP contribution in [0.4, 0.5) is 0 Å². The summed E-state index contributed by atoms with van der Waals surface area (Å²) >= 11 is 4.67. The van der Waals surface area contributed by atoms with Gasteiger partial charge in [0.1, 0.15) is 0 Å². The third-order valence-corrected chi connectivity index (χ3v) is 5.49. The predicted molar refractivity (Wildman–Crippen MR) is 97.2 cm³/mol. The summed E-state index contributed by atoms with van der Waals surface area (Å²) in [6.07, 6.45) is 0. The van der Waals surface area contributed by atoms with E-state index in [0.29, 0.717) is 0 Å². The first kappa shape index (κ1) is 18.1. The summed E-state index contributed by atoms with van der Waals surface area (Å²) in [6, 6.07) is 32.2. The van der Waals surface area contributed by atoms with Gasteiger partial charge in [0.2, 0.25) is 0 Å². The van der Waals surface area contributed by atoms with Crippen molar-refractivity contribution in [3.63, 3.8) is 0 Å². The fraction of sp³-hybridized carbons (Fsp3) is 0.0500. The van der Waals surface area contributed by atoms with Gasteiger partial charge in [0.25, 0.3) is 0 Å². The maximum Gasteiger partial charge on any atom is 0.166 e. The standard InChI is InChI=1S/C18H15S.C2H3ClO2/c1-4-10-16(11-5-1)19(17-12-6-2-7-13-17)18-14-8-3-9-15-18;3-1-2(4)5/h1-15H;1H2,(H,4,5)/q+1;/p-1. The minimum absolute atomic E-state index is 0.0146. The molecular formula is C20H17ClO2S. The van der Waals surface area contributed by atoms with Crippen molar-refractivity contribution in [2.75, 3.05) is 5.88 Å². The topological polar surface area (TPSA) is 40.1 Å². The summed E-state index contributed by atoms with van der Waals surface area (Å²) in [4.78, 5) is 13.2. The number of hydrogen-bond donors (Lipinski definition) is 0. The molecule has 0 saturated carbocycles. The number of benzene rings is 3. The van der Waals surface area contributed by atoms with Crippen LogP contribution in [0, 0.1) is 0 Å². The Hall–Kier alpha value is -2.23. The van der Waals surface area contributed by atoms with E-state index in [4.69, 9.17) is 9.90 Å². The molecule has 0 unspecified atom stereocenters. The van der Waals surface area contributed by atoms with Crippen molar-refractivity contribution < 1.29 is 9.90 Å². The van der Waals surface area contributed by atoms with Gasteiger partial charge in [-0.25, -0.2) is 0 Å². The molecule has 0 N–H and O–H groups in total. The van der Waals surface area contributed by atoms with E-state index >= 15 is 0 Å². The Kier molecular flexibility index (Phi) is 7.40. The predicted octanol–water partition coefficient (Wildman–Crippen LogP) is 3.76. The monoisotopic (exact) mass is 356 g/mol. The molecule has 0 radical (unpaired) electrons. The molecule has 0 aromatic heterocycles. The van der Waals surface area contributed by atoms with Gasteiger partial charge < -0.3 is 9.90 Å². The van der Waals surface area contributed by atoms with Crippen LogP contribution >= 0.6 is 11.6 Å². The molecule has 122 valence electrons. The Morgan fingerprint density at radius 1 is 0.708 bits per heavy atom. The van der Waals surface area contributed by atoms with Crippen LogP contribution in [0.5, 0.6) is 0 Å². The molecule has 0 aliphatic heterocycles. The number of rotatable bonds is 4. The first-order chi connectivity index (χ1) is 11.7. The number of carboxylic acids is 1. The van der Waals surface area contributed by atoms with Crippen LogP contribution < -0.4 is 5.11 Å². The minimum Gasteiger partial charge on any atom is -0.549 e. The van der Waals surface area contributed by atoms with Crippen LogP contribution in [-0.4, -0.2) is 11.8 Å². The Labute approximate surface area is 150 Å². The lowest BCUT2D eigenvalue weighted by Crippen LogP contribution is -2.23. The van der Waals surface area contributed by atoms with Crippen molar-refractivity contribution in [1.29, 1.82) is 0 Å². The van der Waals surface area contributed by atoms with Crippen LogP contribution in [0.3, 0.4) is 0 Å². The number of carbonyl (C=O) groups excluding carboxylic acids is 1. The van der Waals surface area contributed by atoms with Gasteiger partial charge in [-0.05, 0) is 36.4 Å². The lowest BCUT2D eigenvalue weighted by atomic mass is 10.4. The number of alkyl halides is 1. The van der Waals surface area contributed by atoms with E-state index in [2.05, 4.69) is 103 Å². The molecule has 0 amide bonds. The molecule has 0 atom stereocenters. The highest BCUT2D eigenvalue weighted by molar-refractivity contribution is 7.97. The van der Waals surface area contributed by atoms with Crippen molar-refractivity contribution in [3.8, 4) is 0 Å². The lowest BCUT2D eigenvalue weighted by molar-refractivity contribution is -0.301. The zero-order valence-electron chi connectivity index (χ0n) is 13.0.